The minimum Gasteiger partial charge on any atom is -0.313 e. The summed E-state index contributed by atoms with van der Waals surface area (Å²) in [5.74, 6) is 1.45. The van der Waals surface area contributed by atoms with Gasteiger partial charge in [-0.15, -0.1) is 0 Å². The summed E-state index contributed by atoms with van der Waals surface area (Å²) in [6.07, 6.45) is 4.03. The fourth-order valence-corrected chi connectivity index (χ4v) is 3.74. The highest BCUT2D eigenvalue weighted by molar-refractivity contribution is 5.19. The molecule has 1 N–H and O–H groups in total. The largest absolute Gasteiger partial charge is 0.313 e. The lowest BCUT2D eigenvalue weighted by atomic mass is 9.70. The molecule has 1 aliphatic rings. The van der Waals surface area contributed by atoms with Crippen LogP contribution in [-0.4, -0.2) is 12.6 Å². The van der Waals surface area contributed by atoms with Crippen molar-refractivity contribution in [3.8, 4) is 0 Å². The van der Waals surface area contributed by atoms with Gasteiger partial charge in [0.2, 0.25) is 0 Å². The SMILES string of the molecule is CC1CC(NCC(C)c2ccccc2)CC(C)(C)C1. The van der Waals surface area contributed by atoms with E-state index in [4.69, 9.17) is 0 Å². The van der Waals surface area contributed by atoms with Crippen LogP contribution in [-0.2, 0) is 0 Å². The van der Waals surface area contributed by atoms with Crippen molar-refractivity contribution in [3.05, 3.63) is 35.9 Å². The maximum absolute atomic E-state index is 3.81. The summed E-state index contributed by atoms with van der Waals surface area (Å²) in [4.78, 5) is 0. The molecule has 1 aromatic rings. The zero-order valence-electron chi connectivity index (χ0n) is 12.9. The Morgan fingerprint density at radius 2 is 1.89 bits per heavy atom. The second-order valence-corrected chi connectivity index (χ2v) is 7.33. The van der Waals surface area contributed by atoms with Gasteiger partial charge in [-0.2, -0.15) is 0 Å². The number of rotatable bonds is 4. The molecule has 0 bridgehead atoms. The monoisotopic (exact) mass is 259 g/mol. The molecular formula is C18H29N. The number of benzene rings is 1. The molecule has 2 rings (SSSR count). The lowest BCUT2D eigenvalue weighted by Crippen LogP contribution is -2.41. The highest BCUT2D eigenvalue weighted by Crippen LogP contribution is 2.38. The molecular weight excluding hydrogens is 230 g/mol. The van der Waals surface area contributed by atoms with E-state index in [9.17, 15) is 0 Å². The smallest absolute Gasteiger partial charge is 0.00749 e. The molecule has 0 spiro atoms. The molecule has 1 heteroatoms. The third-order valence-corrected chi connectivity index (χ3v) is 4.47. The number of hydrogen-bond acceptors (Lipinski definition) is 1. The number of nitrogens with one attached hydrogen (secondary N) is 1. The Kier molecular flexibility index (Phi) is 4.67. The lowest BCUT2D eigenvalue weighted by molar-refractivity contribution is 0.151. The van der Waals surface area contributed by atoms with Gasteiger partial charge in [0, 0.05) is 12.6 Å². The van der Waals surface area contributed by atoms with Crippen LogP contribution in [0.3, 0.4) is 0 Å². The van der Waals surface area contributed by atoms with Crippen molar-refractivity contribution in [3.63, 3.8) is 0 Å². The van der Waals surface area contributed by atoms with Crippen LogP contribution in [0.25, 0.3) is 0 Å². The molecule has 0 heterocycles. The summed E-state index contributed by atoms with van der Waals surface area (Å²) in [6, 6.07) is 11.5. The van der Waals surface area contributed by atoms with Crippen LogP contribution in [0.4, 0.5) is 0 Å². The van der Waals surface area contributed by atoms with Crippen LogP contribution in [0, 0.1) is 11.3 Å². The predicted molar refractivity (Wildman–Crippen MR) is 83.4 cm³/mol. The van der Waals surface area contributed by atoms with Gasteiger partial charge in [0.1, 0.15) is 0 Å². The minimum absolute atomic E-state index is 0.505. The molecule has 0 aliphatic heterocycles. The molecule has 3 atom stereocenters. The summed E-state index contributed by atoms with van der Waals surface area (Å²) in [6.45, 7) is 10.6. The fraction of sp³-hybridized carbons (Fsp3) is 0.667. The molecule has 1 aromatic carbocycles. The molecule has 19 heavy (non-hydrogen) atoms. The Morgan fingerprint density at radius 1 is 1.21 bits per heavy atom. The van der Waals surface area contributed by atoms with Crippen molar-refractivity contribution >= 4 is 0 Å². The van der Waals surface area contributed by atoms with Gasteiger partial charge < -0.3 is 5.32 Å². The second-order valence-electron chi connectivity index (χ2n) is 7.33. The van der Waals surface area contributed by atoms with Crippen LogP contribution in [0.5, 0.6) is 0 Å². The molecule has 3 unspecified atom stereocenters. The summed E-state index contributed by atoms with van der Waals surface area (Å²) in [5.41, 5.74) is 1.95. The van der Waals surface area contributed by atoms with Crippen LogP contribution < -0.4 is 5.32 Å². The average molecular weight is 259 g/mol. The van der Waals surface area contributed by atoms with Crippen LogP contribution >= 0.6 is 0 Å². The Hall–Kier alpha value is -0.820. The van der Waals surface area contributed by atoms with Gasteiger partial charge in [-0.3, -0.25) is 0 Å². The van der Waals surface area contributed by atoms with Crippen LogP contribution in [0.1, 0.15) is 58.4 Å². The van der Waals surface area contributed by atoms with Gasteiger partial charge in [0.15, 0.2) is 0 Å². The first kappa shape index (κ1) is 14.6. The van der Waals surface area contributed by atoms with Crippen molar-refractivity contribution < 1.29 is 0 Å². The minimum atomic E-state index is 0.505. The van der Waals surface area contributed by atoms with E-state index in [-0.39, 0.29) is 0 Å². The van der Waals surface area contributed by atoms with Crippen LogP contribution in [0.2, 0.25) is 0 Å². The van der Waals surface area contributed by atoms with E-state index in [2.05, 4.69) is 63.3 Å². The quantitative estimate of drug-likeness (QED) is 0.833. The first-order chi connectivity index (χ1) is 8.96. The van der Waals surface area contributed by atoms with E-state index in [1.165, 1.54) is 24.8 Å². The summed E-state index contributed by atoms with van der Waals surface area (Å²) in [5, 5.41) is 3.81. The maximum Gasteiger partial charge on any atom is 0.00749 e. The first-order valence-electron chi connectivity index (χ1n) is 7.74. The molecule has 1 aliphatic carbocycles. The van der Waals surface area contributed by atoms with E-state index < -0.39 is 0 Å². The molecule has 106 valence electrons. The fourth-order valence-electron chi connectivity index (χ4n) is 3.74. The Labute approximate surface area is 118 Å². The summed E-state index contributed by atoms with van der Waals surface area (Å²) >= 11 is 0. The second kappa shape index (κ2) is 6.09. The third-order valence-electron chi connectivity index (χ3n) is 4.47. The summed E-state index contributed by atoms with van der Waals surface area (Å²) < 4.78 is 0. The van der Waals surface area contributed by atoms with Crippen LogP contribution in [0.15, 0.2) is 30.3 Å². The maximum atomic E-state index is 3.81. The number of hydrogen-bond donors (Lipinski definition) is 1. The molecule has 1 fully saturated rings. The topological polar surface area (TPSA) is 12.0 Å². The Morgan fingerprint density at radius 3 is 2.53 bits per heavy atom. The Balaban J connectivity index is 1.85. The normalized spacial score (nSPS) is 28.0. The van der Waals surface area contributed by atoms with Gasteiger partial charge in [-0.25, -0.2) is 0 Å². The van der Waals surface area contributed by atoms with E-state index in [0.29, 0.717) is 17.4 Å². The average Bonchev–Trinajstić information content (AvgIpc) is 2.34. The molecule has 0 aromatic heterocycles. The predicted octanol–water partition coefficient (Wildman–Crippen LogP) is 4.59. The molecule has 0 amide bonds. The van der Waals surface area contributed by atoms with Gasteiger partial charge in [0.25, 0.3) is 0 Å². The third kappa shape index (κ3) is 4.35. The molecule has 1 saturated carbocycles. The van der Waals surface area contributed by atoms with Gasteiger partial charge in [0.05, 0.1) is 0 Å². The van der Waals surface area contributed by atoms with Gasteiger partial charge >= 0.3 is 0 Å². The highest BCUT2D eigenvalue weighted by Gasteiger charge is 2.31. The van der Waals surface area contributed by atoms with Crippen molar-refractivity contribution in [2.45, 2.75) is 58.9 Å². The van der Waals surface area contributed by atoms with Crippen molar-refractivity contribution in [2.75, 3.05) is 6.54 Å². The van der Waals surface area contributed by atoms with E-state index in [1.807, 2.05) is 0 Å². The Bertz CT molecular complexity index is 382. The van der Waals surface area contributed by atoms with Crippen molar-refractivity contribution in [2.24, 2.45) is 11.3 Å². The standard InChI is InChI=1S/C18H29N/c1-14-10-17(12-18(3,4)11-14)19-13-15(2)16-8-6-5-7-9-16/h5-9,14-15,17,19H,10-13H2,1-4H3. The molecule has 0 radical (unpaired) electrons. The van der Waals surface area contributed by atoms with Crippen molar-refractivity contribution in [1.82, 2.24) is 5.32 Å². The molecule has 0 saturated heterocycles. The van der Waals surface area contributed by atoms with E-state index in [0.717, 1.165) is 12.5 Å². The molecule has 1 nitrogen and oxygen atoms in total. The first-order valence-corrected chi connectivity index (χ1v) is 7.74. The van der Waals surface area contributed by atoms with Gasteiger partial charge in [-0.1, -0.05) is 58.0 Å². The highest BCUT2D eigenvalue weighted by atomic mass is 14.9. The van der Waals surface area contributed by atoms with E-state index >= 15 is 0 Å². The lowest BCUT2D eigenvalue weighted by Gasteiger charge is -2.39. The zero-order valence-corrected chi connectivity index (χ0v) is 12.9. The summed E-state index contributed by atoms with van der Waals surface area (Å²) in [7, 11) is 0. The zero-order chi connectivity index (χ0) is 13.9. The van der Waals surface area contributed by atoms with Crippen molar-refractivity contribution in [1.29, 1.82) is 0 Å². The van der Waals surface area contributed by atoms with Gasteiger partial charge in [-0.05, 0) is 42.1 Å². The van der Waals surface area contributed by atoms with E-state index in [1.54, 1.807) is 0 Å².